The van der Waals surface area contributed by atoms with Crippen LogP contribution in [-0.4, -0.2) is 34.9 Å². The lowest BCUT2D eigenvalue weighted by molar-refractivity contribution is -0.383. The minimum absolute atomic E-state index is 0.0645. The number of carbonyl (C=O) groups is 1. The highest BCUT2D eigenvalue weighted by atomic mass is 16.6. The number of likely N-dealkylation sites (tertiary alicyclic amines) is 1. The molecule has 0 aromatic heterocycles. The molecule has 108 valence electrons. The fourth-order valence-corrected chi connectivity index (χ4v) is 2.65. The molecule has 4 N–H and O–H groups in total. The van der Waals surface area contributed by atoms with E-state index in [9.17, 15) is 14.9 Å². The van der Waals surface area contributed by atoms with Gasteiger partial charge in [0.25, 0.3) is 11.6 Å². The number of nitrogen functional groups attached to an aromatic ring is 1. The molecule has 0 spiro atoms. The number of para-hydroxylation sites is 1. The standard InChI is InChI=1S/C13H18N4O3/c1-8-5-9(6-14)7-16(8)13(18)10-3-2-4-11(12(10)15)17(19)20/h2-4,8-9H,5-7,14-15H2,1H3. The van der Waals surface area contributed by atoms with Crippen LogP contribution in [0.5, 0.6) is 0 Å². The Morgan fingerprint density at radius 2 is 2.25 bits per heavy atom. The number of nitrogens with zero attached hydrogens (tertiary/aromatic N) is 2. The predicted molar refractivity (Wildman–Crippen MR) is 75.2 cm³/mol. The minimum atomic E-state index is -0.581. The van der Waals surface area contributed by atoms with E-state index in [1.165, 1.54) is 18.2 Å². The van der Waals surface area contributed by atoms with Gasteiger partial charge in [0.2, 0.25) is 0 Å². The van der Waals surface area contributed by atoms with Crippen LogP contribution in [0.1, 0.15) is 23.7 Å². The van der Waals surface area contributed by atoms with Crippen LogP contribution >= 0.6 is 0 Å². The van der Waals surface area contributed by atoms with Crippen molar-refractivity contribution in [2.24, 2.45) is 11.7 Å². The molecular formula is C13H18N4O3. The lowest BCUT2D eigenvalue weighted by Crippen LogP contribution is -2.35. The van der Waals surface area contributed by atoms with Crippen LogP contribution in [0.25, 0.3) is 0 Å². The summed E-state index contributed by atoms with van der Waals surface area (Å²) in [6.07, 6.45) is 0.844. The van der Waals surface area contributed by atoms with Gasteiger partial charge >= 0.3 is 0 Å². The predicted octanol–water partition coefficient (Wildman–Crippen LogP) is 0.986. The number of hydrogen-bond donors (Lipinski definition) is 2. The third-order valence-electron chi connectivity index (χ3n) is 3.77. The molecule has 1 aliphatic heterocycles. The quantitative estimate of drug-likeness (QED) is 0.486. The molecule has 7 heteroatoms. The first-order valence-electron chi connectivity index (χ1n) is 6.49. The Labute approximate surface area is 116 Å². The highest BCUT2D eigenvalue weighted by Crippen LogP contribution is 2.29. The minimum Gasteiger partial charge on any atom is -0.393 e. The number of carbonyl (C=O) groups excluding carboxylic acids is 1. The fourth-order valence-electron chi connectivity index (χ4n) is 2.65. The Bertz CT molecular complexity index is 546. The van der Waals surface area contributed by atoms with E-state index in [2.05, 4.69) is 0 Å². The normalized spacial score (nSPS) is 22.0. The van der Waals surface area contributed by atoms with Crippen LogP contribution in [0, 0.1) is 16.0 Å². The largest absolute Gasteiger partial charge is 0.393 e. The van der Waals surface area contributed by atoms with Crippen LogP contribution in [-0.2, 0) is 0 Å². The molecule has 1 saturated heterocycles. The molecule has 1 fully saturated rings. The van der Waals surface area contributed by atoms with Crippen LogP contribution in [0.15, 0.2) is 18.2 Å². The number of rotatable bonds is 3. The zero-order valence-corrected chi connectivity index (χ0v) is 11.3. The van der Waals surface area contributed by atoms with Gasteiger partial charge in [-0.3, -0.25) is 14.9 Å². The molecule has 1 aromatic rings. The van der Waals surface area contributed by atoms with Gasteiger partial charge in [-0.15, -0.1) is 0 Å². The van der Waals surface area contributed by atoms with Crippen LogP contribution < -0.4 is 11.5 Å². The van der Waals surface area contributed by atoms with Crippen molar-refractivity contribution in [3.05, 3.63) is 33.9 Å². The highest BCUT2D eigenvalue weighted by Gasteiger charge is 2.33. The Kier molecular flexibility index (Phi) is 3.89. The maximum atomic E-state index is 12.5. The molecule has 1 aliphatic rings. The Morgan fingerprint density at radius 1 is 1.55 bits per heavy atom. The average Bonchev–Trinajstić information content (AvgIpc) is 2.79. The molecule has 0 saturated carbocycles. The summed E-state index contributed by atoms with van der Waals surface area (Å²) in [5.41, 5.74) is 11.3. The number of anilines is 1. The van der Waals surface area contributed by atoms with Crippen molar-refractivity contribution < 1.29 is 9.72 Å². The third kappa shape index (κ3) is 2.44. The summed E-state index contributed by atoms with van der Waals surface area (Å²) in [6, 6.07) is 4.35. The summed E-state index contributed by atoms with van der Waals surface area (Å²) in [7, 11) is 0. The molecule has 1 aromatic carbocycles. The summed E-state index contributed by atoms with van der Waals surface area (Å²) < 4.78 is 0. The van der Waals surface area contributed by atoms with Crippen LogP contribution in [0.2, 0.25) is 0 Å². The van der Waals surface area contributed by atoms with E-state index in [4.69, 9.17) is 11.5 Å². The Morgan fingerprint density at radius 3 is 2.80 bits per heavy atom. The van der Waals surface area contributed by atoms with Gasteiger partial charge in [0, 0.05) is 18.7 Å². The van der Waals surface area contributed by atoms with E-state index in [-0.39, 0.29) is 34.8 Å². The molecule has 0 aliphatic carbocycles. The van der Waals surface area contributed by atoms with Crippen molar-refractivity contribution in [1.29, 1.82) is 0 Å². The molecule has 2 unspecified atom stereocenters. The molecular weight excluding hydrogens is 260 g/mol. The van der Waals surface area contributed by atoms with Crippen molar-refractivity contribution in [2.75, 3.05) is 18.8 Å². The lowest BCUT2D eigenvalue weighted by Gasteiger charge is -2.22. The van der Waals surface area contributed by atoms with E-state index in [0.29, 0.717) is 13.1 Å². The summed E-state index contributed by atoms with van der Waals surface area (Å²) >= 11 is 0. The number of nitrogens with two attached hydrogens (primary N) is 2. The lowest BCUT2D eigenvalue weighted by atomic mass is 10.1. The van der Waals surface area contributed by atoms with E-state index >= 15 is 0 Å². The molecule has 7 nitrogen and oxygen atoms in total. The summed E-state index contributed by atoms with van der Waals surface area (Å²) in [5, 5.41) is 10.9. The zero-order valence-electron chi connectivity index (χ0n) is 11.3. The monoisotopic (exact) mass is 278 g/mol. The molecule has 0 bridgehead atoms. The number of benzene rings is 1. The highest BCUT2D eigenvalue weighted by molar-refractivity contribution is 6.01. The van der Waals surface area contributed by atoms with Gasteiger partial charge in [-0.2, -0.15) is 0 Å². The van der Waals surface area contributed by atoms with E-state index < -0.39 is 4.92 Å². The second-order valence-electron chi connectivity index (χ2n) is 5.14. The van der Waals surface area contributed by atoms with Gasteiger partial charge in [0.05, 0.1) is 10.5 Å². The first-order valence-corrected chi connectivity index (χ1v) is 6.49. The topological polar surface area (TPSA) is 115 Å². The fraction of sp³-hybridized carbons (Fsp3) is 0.462. The van der Waals surface area contributed by atoms with Crippen molar-refractivity contribution in [3.63, 3.8) is 0 Å². The van der Waals surface area contributed by atoms with Gasteiger partial charge < -0.3 is 16.4 Å². The van der Waals surface area contributed by atoms with Gasteiger partial charge in [-0.1, -0.05) is 6.07 Å². The number of amides is 1. The van der Waals surface area contributed by atoms with Gasteiger partial charge in [-0.25, -0.2) is 0 Å². The molecule has 1 amide bonds. The second kappa shape index (κ2) is 5.46. The molecule has 20 heavy (non-hydrogen) atoms. The Balaban J connectivity index is 2.30. The van der Waals surface area contributed by atoms with Crippen molar-refractivity contribution in [1.82, 2.24) is 4.90 Å². The third-order valence-corrected chi connectivity index (χ3v) is 3.77. The average molecular weight is 278 g/mol. The number of nitro groups is 1. The molecule has 2 rings (SSSR count). The van der Waals surface area contributed by atoms with E-state index in [1.54, 1.807) is 4.90 Å². The van der Waals surface area contributed by atoms with E-state index in [0.717, 1.165) is 6.42 Å². The van der Waals surface area contributed by atoms with Gasteiger partial charge in [0.15, 0.2) is 0 Å². The summed E-state index contributed by atoms with van der Waals surface area (Å²) in [5.74, 6) is 0.00326. The number of hydrogen-bond acceptors (Lipinski definition) is 5. The maximum Gasteiger partial charge on any atom is 0.292 e. The summed E-state index contributed by atoms with van der Waals surface area (Å²) in [6.45, 7) is 3.04. The van der Waals surface area contributed by atoms with Crippen molar-refractivity contribution in [3.8, 4) is 0 Å². The number of nitro benzene ring substituents is 1. The molecule has 0 radical (unpaired) electrons. The molecule has 2 atom stereocenters. The Hall–Kier alpha value is -2.15. The van der Waals surface area contributed by atoms with Crippen molar-refractivity contribution >= 4 is 17.3 Å². The smallest absolute Gasteiger partial charge is 0.292 e. The van der Waals surface area contributed by atoms with Crippen LogP contribution in [0.3, 0.4) is 0 Å². The summed E-state index contributed by atoms with van der Waals surface area (Å²) in [4.78, 5) is 24.5. The second-order valence-corrected chi connectivity index (χ2v) is 5.14. The van der Waals surface area contributed by atoms with Gasteiger partial charge in [-0.05, 0) is 31.9 Å². The van der Waals surface area contributed by atoms with E-state index in [1.807, 2.05) is 6.92 Å². The van der Waals surface area contributed by atoms with Crippen molar-refractivity contribution in [2.45, 2.75) is 19.4 Å². The SMILES string of the molecule is CC1CC(CN)CN1C(=O)c1cccc([N+](=O)[O-])c1N. The first-order chi connectivity index (χ1) is 9.45. The zero-order chi connectivity index (χ0) is 14.9. The van der Waals surface area contributed by atoms with Crippen LogP contribution in [0.4, 0.5) is 11.4 Å². The first kappa shape index (κ1) is 14.3. The molecule has 1 heterocycles. The maximum absolute atomic E-state index is 12.5. The van der Waals surface area contributed by atoms with Gasteiger partial charge in [0.1, 0.15) is 5.69 Å².